The third-order valence-electron chi connectivity index (χ3n) is 5.30. The molecular formula is C25H30N2O4S2. The minimum Gasteiger partial charge on any atom is -0.481 e. The Labute approximate surface area is 203 Å². The molecule has 176 valence electrons. The van der Waals surface area contributed by atoms with E-state index in [4.69, 9.17) is 4.18 Å². The second-order valence-corrected chi connectivity index (χ2v) is 9.94. The van der Waals surface area contributed by atoms with Crippen LogP contribution < -0.4 is 5.32 Å². The number of aromatic nitrogens is 1. The van der Waals surface area contributed by atoms with E-state index >= 15 is 0 Å². The monoisotopic (exact) mass is 486 g/mol. The molecule has 33 heavy (non-hydrogen) atoms. The lowest BCUT2D eigenvalue weighted by Crippen LogP contribution is -2.19. The lowest BCUT2D eigenvalue weighted by atomic mass is 9.97. The maximum atomic E-state index is 12.6. The van der Waals surface area contributed by atoms with Crippen LogP contribution in [0.4, 0.5) is 11.4 Å². The highest BCUT2D eigenvalue weighted by molar-refractivity contribution is 7.97. The van der Waals surface area contributed by atoms with E-state index in [1.165, 1.54) is 30.6 Å². The van der Waals surface area contributed by atoms with Crippen molar-refractivity contribution in [1.82, 2.24) is 4.98 Å². The van der Waals surface area contributed by atoms with E-state index < -0.39 is 17.9 Å². The van der Waals surface area contributed by atoms with E-state index in [0.717, 1.165) is 52.9 Å². The summed E-state index contributed by atoms with van der Waals surface area (Å²) in [5.74, 6) is -2.10. The van der Waals surface area contributed by atoms with Gasteiger partial charge in [0.15, 0.2) is 4.34 Å². The molecule has 8 heteroatoms. The summed E-state index contributed by atoms with van der Waals surface area (Å²) in [6.07, 6.45) is 6.84. The Morgan fingerprint density at radius 3 is 2.58 bits per heavy atom. The summed E-state index contributed by atoms with van der Waals surface area (Å²) in [7, 11) is 0. The molecule has 0 saturated heterocycles. The lowest BCUT2D eigenvalue weighted by Gasteiger charge is -2.12. The van der Waals surface area contributed by atoms with Gasteiger partial charge < -0.3 is 14.6 Å². The fraction of sp³-hybridized carbons (Fsp3) is 0.400. The summed E-state index contributed by atoms with van der Waals surface area (Å²) in [5.41, 5.74) is 2.72. The molecule has 0 aliphatic heterocycles. The number of nitrogens with one attached hydrogen (secondary N) is 1. The summed E-state index contributed by atoms with van der Waals surface area (Å²) >= 11 is 2.35. The number of carboxylic acid groups (broad SMARTS) is 1. The van der Waals surface area contributed by atoms with Gasteiger partial charge in [-0.2, -0.15) is 0 Å². The molecule has 2 aromatic carbocycles. The van der Waals surface area contributed by atoms with E-state index in [0.29, 0.717) is 10.8 Å². The van der Waals surface area contributed by atoms with Crippen molar-refractivity contribution < 1.29 is 18.9 Å². The third kappa shape index (κ3) is 8.05. The number of hydrogen-bond acceptors (Lipinski definition) is 7. The van der Waals surface area contributed by atoms with Gasteiger partial charge in [0.25, 0.3) is 0 Å². The molecule has 0 amide bonds. The van der Waals surface area contributed by atoms with Crippen LogP contribution in [-0.2, 0) is 13.8 Å². The molecule has 0 radical (unpaired) electrons. The number of para-hydroxylation sites is 1. The number of hydrogen-bond donors (Lipinski definition) is 2. The first-order valence-electron chi connectivity index (χ1n) is 11.4. The number of benzene rings is 2. The molecule has 0 saturated carbocycles. The molecule has 3 aromatic rings. The van der Waals surface area contributed by atoms with Crippen LogP contribution in [0.3, 0.4) is 0 Å². The Kier molecular flexibility index (Phi) is 10.0. The van der Waals surface area contributed by atoms with Crippen molar-refractivity contribution in [2.75, 3.05) is 5.32 Å². The molecule has 6 nitrogen and oxygen atoms in total. The molecule has 1 unspecified atom stereocenters. The van der Waals surface area contributed by atoms with Crippen LogP contribution in [0.5, 0.6) is 0 Å². The molecule has 1 aromatic heterocycles. The topological polar surface area (TPSA) is 88.5 Å². The lowest BCUT2D eigenvalue weighted by molar-refractivity contribution is -0.146. The van der Waals surface area contributed by atoms with Crippen LogP contribution in [-0.4, -0.2) is 22.0 Å². The number of carbonyl (C=O) groups is 2. The normalized spacial score (nSPS) is 11.9. The Morgan fingerprint density at radius 1 is 1.06 bits per heavy atom. The van der Waals surface area contributed by atoms with Crippen LogP contribution >= 0.6 is 23.4 Å². The number of nitrogens with zero attached hydrogens (tertiary/aromatic N) is 1. The van der Waals surface area contributed by atoms with Crippen LogP contribution in [0.25, 0.3) is 10.2 Å². The van der Waals surface area contributed by atoms with E-state index in [1.54, 1.807) is 0 Å². The summed E-state index contributed by atoms with van der Waals surface area (Å²) in [6, 6.07) is 15.7. The molecule has 0 bridgehead atoms. The summed E-state index contributed by atoms with van der Waals surface area (Å²) in [5, 5.41) is 12.6. The minimum absolute atomic E-state index is 0.209. The van der Waals surface area contributed by atoms with Gasteiger partial charge in [-0.25, -0.2) is 4.98 Å². The number of unbranched alkanes of at least 4 members (excludes halogenated alkanes) is 5. The zero-order chi connectivity index (χ0) is 23.5. The quantitative estimate of drug-likeness (QED) is 0.181. The number of thiazole rings is 1. The van der Waals surface area contributed by atoms with Gasteiger partial charge in [-0.05, 0) is 30.7 Å². The number of aliphatic carboxylic acids is 1. The molecular weight excluding hydrogens is 456 g/mol. The highest BCUT2D eigenvalue weighted by Crippen LogP contribution is 2.36. The number of carbonyl (C=O) groups excluding carboxylic acids is 1. The Balaban J connectivity index is 1.58. The first-order chi connectivity index (χ1) is 16.1. The molecule has 1 atom stereocenters. The van der Waals surface area contributed by atoms with Crippen molar-refractivity contribution >= 4 is 56.9 Å². The van der Waals surface area contributed by atoms with Crippen LogP contribution in [0.15, 0.2) is 52.9 Å². The molecule has 3 rings (SSSR count). The van der Waals surface area contributed by atoms with E-state index in [-0.39, 0.29) is 6.42 Å². The highest BCUT2D eigenvalue weighted by atomic mass is 32.2. The first kappa shape index (κ1) is 25.1. The van der Waals surface area contributed by atoms with E-state index in [2.05, 4.69) is 17.2 Å². The van der Waals surface area contributed by atoms with Crippen molar-refractivity contribution in [2.24, 2.45) is 5.92 Å². The molecule has 0 aliphatic rings. The summed E-state index contributed by atoms with van der Waals surface area (Å²) in [6.45, 7) is 2.17. The van der Waals surface area contributed by atoms with Crippen LogP contribution in [0.1, 0.15) is 58.3 Å². The van der Waals surface area contributed by atoms with Crippen LogP contribution in [0, 0.1) is 5.92 Å². The van der Waals surface area contributed by atoms with Gasteiger partial charge in [-0.3, -0.25) is 9.59 Å². The second-order valence-electron chi connectivity index (χ2n) is 7.96. The number of fused-ring (bicyclic) bond motifs is 1. The minimum atomic E-state index is -0.982. The fourth-order valence-corrected chi connectivity index (χ4v) is 5.25. The summed E-state index contributed by atoms with van der Waals surface area (Å²) < 4.78 is 6.99. The largest absolute Gasteiger partial charge is 0.481 e. The molecule has 1 heterocycles. The van der Waals surface area contributed by atoms with Crippen molar-refractivity contribution in [2.45, 2.75) is 62.6 Å². The summed E-state index contributed by atoms with van der Waals surface area (Å²) in [4.78, 5) is 28.4. The standard InChI is InChI=1S/C25H30N2O4S2/c1-2-3-4-5-6-8-12-18(17-22(28)29)24(30)31-33-25-27-21-16-11-15-20(23(21)32-25)26-19-13-9-7-10-14-19/h7,9-11,13-16,18,26H,2-6,8,12,17H2,1H3,(H,28,29). The van der Waals surface area contributed by atoms with Gasteiger partial charge in [0.1, 0.15) is 12.0 Å². The Bertz CT molecular complexity index is 1040. The number of rotatable bonds is 14. The Morgan fingerprint density at radius 2 is 1.82 bits per heavy atom. The number of carboxylic acids is 1. The van der Waals surface area contributed by atoms with Gasteiger partial charge in [-0.1, -0.05) is 69.7 Å². The van der Waals surface area contributed by atoms with Crippen molar-refractivity contribution in [3.63, 3.8) is 0 Å². The first-order valence-corrected chi connectivity index (χ1v) is 12.9. The predicted octanol–water partition coefficient (Wildman–Crippen LogP) is 7.43. The van der Waals surface area contributed by atoms with Gasteiger partial charge >= 0.3 is 11.9 Å². The third-order valence-corrected chi connectivity index (χ3v) is 7.14. The molecule has 0 spiro atoms. The van der Waals surface area contributed by atoms with Crippen molar-refractivity contribution in [1.29, 1.82) is 0 Å². The highest BCUT2D eigenvalue weighted by Gasteiger charge is 2.24. The van der Waals surface area contributed by atoms with Crippen LogP contribution in [0.2, 0.25) is 0 Å². The fourth-order valence-electron chi connectivity index (χ4n) is 3.57. The van der Waals surface area contributed by atoms with Gasteiger partial charge in [-0.15, -0.1) is 11.3 Å². The van der Waals surface area contributed by atoms with Gasteiger partial charge in [0.05, 0.1) is 28.2 Å². The maximum absolute atomic E-state index is 12.6. The van der Waals surface area contributed by atoms with Crippen molar-refractivity contribution in [3.05, 3.63) is 48.5 Å². The zero-order valence-corrected chi connectivity index (χ0v) is 20.4. The molecule has 0 fully saturated rings. The molecule has 0 aliphatic carbocycles. The van der Waals surface area contributed by atoms with Gasteiger partial charge in [0, 0.05) is 5.69 Å². The zero-order valence-electron chi connectivity index (χ0n) is 18.8. The SMILES string of the molecule is CCCCCCCCC(CC(=O)O)C(=O)OSc1nc2cccc(Nc3ccccc3)c2s1. The maximum Gasteiger partial charge on any atom is 0.321 e. The second kappa shape index (κ2) is 13.2. The smallest absolute Gasteiger partial charge is 0.321 e. The van der Waals surface area contributed by atoms with Gasteiger partial charge in [0.2, 0.25) is 0 Å². The van der Waals surface area contributed by atoms with Crippen molar-refractivity contribution in [3.8, 4) is 0 Å². The van der Waals surface area contributed by atoms with E-state index in [9.17, 15) is 14.7 Å². The number of anilines is 2. The molecule has 2 N–H and O–H groups in total. The average molecular weight is 487 g/mol. The Hall–Kier alpha value is -2.58. The average Bonchev–Trinajstić information content (AvgIpc) is 3.23. The predicted molar refractivity (Wildman–Crippen MR) is 135 cm³/mol. The van der Waals surface area contributed by atoms with E-state index in [1.807, 2.05) is 48.5 Å².